The van der Waals surface area contributed by atoms with E-state index in [1.807, 2.05) is 4.72 Å². The molecular formula is C17H14F3NO4S. The van der Waals surface area contributed by atoms with Gasteiger partial charge in [-0.3, -0.25) is 4.72 Å². The fourth-order valence-electron chi connectivity index (χ4n) is 2.90. The monoisotopic (exact) mass is 385 g/mol. The summed E-state index contributed by atoms with van der Waals surface area (Å²) in [5.41, 5.74) is -0.424. The molecule has 0 saturated heterocycles. The van der Waals surface area contributed by atoms with Crippen molar-refractivity contribution in [2.45, 2.75) is 30.3 Å². The van der Waals surface area contributed by atoms with Crippen LogP contribution >= 0.6 is 0 Å². The summed E-state index contributed by atoms with van der Waals surface area (Å²) in [4.78, 5) is 11.0. The highest BCUT2D eigenvalue weighted by Gasteiger charge is 2.32. The zero-order valence-corrected chi connectivity index (χ0v) is 14.1. The predicted molar refractivity (Wildman–Crippen MR) is 87.7 cm³/mol. The van der Waals surface area contributed by atoms with Gasteiger partial charge in [-0.05, 0) is 60.7 Å². The average Bonchev–Trinajstić information content (AvgIpc) is 3.00. The van der Waals surface area contributed by atoms with E-state index in [0.29, 0.717) is 12.1 Å². The van der Waals surface area contributed by atoms with Gasteiger partial charge in [0.05, 0.1) is 21.7 Å². The van der Waals surface area contributed by atoms with Gasteiger partial charge < -0.3 is 5.11 Å². The number of carbonyl (C=O) groups is 1. The van der Waals surface area contributed by atoms with Crippen LogP contribution < -0.4 is 4.72 Å². The SMILES string of the molecule is O=C(O)c1cc(NS(=O)(=O)c2ccc3c(c2)CCC3)cc(C(F)(F)F)c1. The third kappa shape index (κ3) is 3.67. The Labute approximate surface area is 147 Å². The van der Waals surface area contributed by atoms with E-state index in [4.69, 9.17) is 5.11 Å². The smallest absolute Gasteiger partial charge is 0.416 e. The Kier molecular flexibility index (Phi) is 4.43. The Morgan fingerprint density at radius 2 is 1.73 bits per heavy atom. The molecule has 9 heteroatoms. The molecule has 3 rings (SSSR count). The van der Waals surface area contributed by atoms with Crippen molar-refractivity contribution >= 4 is 21.7 Å². The van der Waals surface area contributed by atoms with Crippen LogP contribution in [0.25, 0.3) is 0 Å². The maximum atomic E-state index is 12.9. The van der Waals surface area contributed by atoms with Crippen molar-refractivity contribution in [3.63, 3.8) is 0 Å². The number of hydrogen-bond acceptors (Lipinski definition) is 3. The summed E-state index contributed by atoms with van der Waals surface area (Å²) in [5.74, 6) is -1.59. The first-order valence-electron chi connectivity index (χ1n) is 7.66. The molecule has 0 fully saturated rings. The molecule has 2 aromatic carbocycles. The minimum Gasteiger partial charge on any atom is -0.478 e. The lowest BCUT2D eigenvalue weighted by atomic mass is 10.1. The van der Waals surface area contributed by atoms with Crippen molar-refractivity contribution in [3.8, 4) is 0 Å². The Bertz CT molecular complexity index is 984. The molecule has 0 spiro atoms. The van der Waals surface area contributed by atoms with Crippen LogP contribution in [0.5, 0.6) is 0 Å². The summed E-state index contributed by atoms with van der Waals surface area (Å²) in [6.07, 6.45) is -2.29. The van der Waals surface area contributed by atoms with Gasteiger partial charge in [0.15, 0.2) is 0 Å². The fourth-order valence-corrected chi connectivity index (χ4v) is 3.99. The first-order chi connectivity index (χ1) is 12.1. The summed E-state index contributed by atoms with van der Waals surface area (Å²) >= 11 is 0. The van der Waals surface area contributed by atoms with Crippen LogP contribution in [0.15, 0.2) is 41.3 Å². The van der Waals surface area contributed by atoms with Gasteiger partial charge in [-0.15, -0.1) is 0 Å². The Morgan fingerprint density at radius 1 is 1.04 bits per heavy atom. The maximum absolute atomic E-state index is 12.9. The number of sulfonamides is 1. The molecule has 2 aromatic rings. The zero-order valence-electron chi connectivity index (χ0n) is 13.3. The lowest BCUT2D eigenvalue weighted by molar-refractivity contribution is -0.137. The van der Waals surface area contributed by atoms with Crippen molar-refractivity contribution in [3.05, 3.63) is 58.7 Å². The largest absolute Gasteiger partial charge is 0.478 e. The summed E-state index contributed by atoms with van der Waals surface area (Å²) in [6.45, 7) is 0. The molecule has 0 aliphatic heterocycles. The Hall–Kier alpha value is -2.55. The van der Waals surface area contributed by atoms with E-state index in [1.54, 1.807) is 6.07 Å². The van der Waals surface area contributed by atoms with Crippen LogP contribution in [0, 0.1) is 0 Å². The van der Waals surface area contributed by atoms with Crippen LogP contribution in [0.2, 0.25) is 0 Å². The number of rotatable bonds is 4. The van der Waals surface area contributed by atoms with E-state index in [0.717, 1.165) is 36.5 Å². The third-order valence-corrected chi connectivity index (χ3v) is 5.52. The number of alkyl halides is 3. The van der Waals surface area contributed by atoms with Gasteiger partial charge in [0.1, 0.15) is 0 Å². The van der Waals surface area contributed by atoms with Gasteiger partial charge in [0.25, 0.3) is 10.0 Å². The van der Waals surface area contributed by atoms with E-state index < -0.39 is 39.0 Å². The Balaban J connectivity index is 1.99. The third-order valence-electron chi connectivity index (χ3n) is 4.14. The quantitative estimate of drug-likeness (QED) is 0.841. The van der Waals surface area contributed by atoms with E-state index in [2.05, 4.69) is 0 Å². The van der Waals surface area contributed by atoms with Gasteiger partial charge in [-0.1, -0.05) is 6.07 Å². The second-order valence-corrected chi connectivity index (χ2v) is 7.67. The molecule has 1 aliphatic carbocycles. The molecule has 2 N–H and O–H groups in total. The molecule has 0 unspecified atom stereocenters. The molecule has 0 atom stereocenters. The van der Waals surface area contributed by atoms with Gasteiger partial charge in [0.2, 0.25) is 0 Å². The van der Waals surface area contributed by atoms with E-state index >= 15 is 0 Å². The molecular weight excluding hydrogens is 371 g/mol. The number of fused-ring (bicyclic) bond motifs is 1. The summed E-state index contributed by atoms with van der Waals surface area (Å²) in [7, 11) is -4.15. The summed E-state index contributed by atoms with van der Waals surface area (Å²) in [6, 6.07) is 6.44. The average molecular weight is 385 g/mol. The van der Waals surface area contributed by atoms with Gasteiger partial charge in [-0.2, -0.15) is 13.2 Å². The molecule has 1 aliphatic rings. The van der Waals surface area contributed by atoms with Crippen molar-refractivity contribution in [2.75, 3.05) is 4.72 Å². The molecule has 0 radical (unpaired) electrons. The molecule has 26 heavy (non-hydrogen) atoms. The van der Waals surface area contributed by atoms with Crippen molar-refractivity contribution in [2.24, 2.45) is 0 Å². The predicted octanol–water partition coefficient (Wildman–Crippen LogP) is 3.69. The standard InChI is InChI=1S/C17H14F3NO4S/c18-17(19,20)13-6-12(16(22)23)7-14(9-13)21-26(24,25)15-5-4-10-2-1-3-11(10)8-15/h4-9,21H,1-3H2,(H,22,23). The summed E-state index contributed by atoms with van der Waals surface area (Å²) < 4.78 is 65.9. The number of hydrogen-bond donors (Lipinski definition) is 2. The normalized spacial score (nSPS) is 14.1. The Morgan fingerprint density at radius 3 is 2.38 bits per heavy atom. The van der Waals surface area contributed by atoms with Crippen molar-refractivity contribution < 1.29 is 31.5 Å². The first-order valence-corrected chi connectivity index (χ1v) is 9.15. The first kappa shape index (κ1) is 18.2. The lowest BCUT2D eigenvalue weighted by Gasteiger charge is -2.13. The minimum absolute atomic E-state index is 0.0764. The van der Waals surface area contributed by atoms with E-state index in [1.165, 1.54) is 12.1 Å². The second kappa shape index (κ2) is 6.31. The summed E-state index contributed by atoms with van der Waals surface area (Å²) in [5, 5.41) is 8.98. The molecule has 138 valence electrons. The zero-order chi connectivity index (χ0) is 19.1. The van der Waals surface area contributed by atoms with E-state index in [9.17, 15) is 26.4 Å². The number of anilines is 1. The highest BCUT2D eigenvalue weighted by atomic mass is 32.2. The number of benzene rings is 2. The van der Waals surface area contributed by atoms with E-state index in [-0.39, 0.29) is 4.90 Å². The number of nitrogens with one attached hydrogen (secondary N) is 1. The minimum atomic E-state index is -4.81. The van der Waals surface area contributed by atoms with Crippen LogP contribution in [-0.2, 0) is 29.0 Å². The molecule has 0 heterocycles. The second-order valence-electron chi connectivity index (χ2n) is 5.99. The van der Waals surface area contributed by atoms with Crippen LogP contribution in [0.4, 0.5) is 18.9 Å². The highest BCUT2D eigenvalue weighted by Crippen LogP contribution is 2.33. The lowest BCUT2D eigenvalue weighted by Crippen LogP contribution is -2.15. The molecule has 0 amide bonds. The van der Waals surface area contributed by atoms with Gasteiger partial charge >= 0.3 is 12.1 Å². The number of halogens is 3. The topological polar surface area (TPSA) is 83.5 Å². The van der Waals surface area contributed by atoms with Gasteiger partial charge in [0, 0.05) is 0 Å². The number of carboxylic acid groups (broad SMARTS) is 1. The number of carboxylic acids is 1. The molecule has 0 saturated carbocycles. The van der Waals surface area contributed by atoms with Gasteiger partial charge in [-0.25, -0.2) is 13.2 Å². The van der Waals surface area contributed by atoms with Crippen LogP contribution in [0.3, 0.4) is 0 Å². The molecule has 0 bridgehead atoms. The van der Waals surface area contributed by atoms with Crippen molar-refractivity contribution in [1.29, 1.82) is 0 Å². The van der Waals surface area contributed by atoms with Crippen LogP contribution in [0.1, 0.15) is 33.5 Å². The highest BCUT2D eigenvalue weighted by molar-refractivity contribution is 7.92. The molecule has 5 nitrogen and oxygen atoms in total. The fraction of sp³-hybridized carbons (Fsp3) is 0.235. The number of aromatic carboxylic acids is 1. The van der Waals surface area contributed by atoms with Crippen molar-refractivity contribution in [1.82, 2.24) is 0 Å². The molecule has 0 aromatic heterocycles. The maximum Gasteiger partial charge on any atom is 0.416 e. The van der Waals surface area contributed by atoms with Crippen LogP contribution in [-0.4, -0.2) is 19.5 Å². The number of aryl methyl sites for hydroxylation is 2.